The fourth-order valence-electron chi connectivity index (χ4n) is 2.88. The first-order valence-electron chi connectivity index (χ1n) is 8.92. The van der Waals surface area contributed by atoms with E-state index in [1.165, 1.54) is 22.8 Å². The fourth-order valence-corrected chi connectivity index (χ4v) is 3.41. The minimum Gasteiger partial charge on any atom is -0.487 e. The molecular formula is C22H16Cl2N2O4. The van der Waals surface area contributed by atoms with Crippen molar-refractivity contribution in [3.63, 3.8) is 0 Å². The molecule has 6 nitrogen and oxygen atoms in total. The molecule has 0 saturated carbocycles. The molecule has 3 rings (SSSR count). The van der Waals surface area contributed by atoms with E-state index >= 15 is 0 Å². The number of nitrogens with zero attached hydrogens (tertiary/aromatic N) is 2. The third kappa shape index (κ3) is 5.01. The molecule has 0 saturated heterocycles. The van der Waals surface area contributed by atoms with Crippen LogP contribution in [0, 0.1) is 11.3 Å². The van der Waals surface area contributed by atoms with E-state index < -0.39 is 11.5 Å². The van der Waals surface area contributed by atoms with Crippen molar-refractivity contribution in [2.45, 2.75) is 19.6 Å². The lowest BCUT2D eigenvalue weighted by Gasteiger charge is -2.16. The number of aryl methyl sites for hydroxylation is 1. The summed E-state index contributed by atoms with van der Waals surface area (Å²) in [6.45, 7) is 0.292. The van der Waals surface area contributed by atoms with Crippen molar-refractivity contribution in [2.24, 2.45) is 0 Å². The Hall–Kier alpha value is -3.27. The Kier molecular flexibility index (Phi) is 6.78. The average molecular weight is 443 g/mol. The number of carbonyl (C=O) groups is 1. The second kappa shape index (κ2) is 9.49. The monoisotopic (exact) mass is 442 g/mol. The predicted molar refractivity (Wildman–Crippen MR) is 113 cm³/mol. The van der Waals surface area contributed by atoms with E-state index in [0.717, 1.165) is 5.56 Å². The van der Waals surface area contributed by atoms with Gasteiger partial charge >= 0.3 is 5.97 Å². The number of carboxylic acids is 1. The predicted octanol–water partition coefficient (Wildman–Crippen LogP) is 4.55. The lowest BCUT2D eigenvalue weighted by Crippen LogP contribution is -2.26. The number of pyridine rings is 1. The van der Waals surface area contributed by atoms with Crippen LogP contribution in [0.15, 0.2) is 59.4 Å². The van der Waals surface area contributed by atoms with Gasteiger partial charge in [0.1, 0.15) is 17.4 Å². The highest BCUT2D eigenvalue weighted by atomic mass is 35.5. The second-order valence-corrected chi connectivity index (χ2v) is 7.24. The maximum absolute atomic E-state index is 12.6. The Morgan fingerprint density at radius 2 is 1.83 bits per heavy atom. The third-order valence-electron chi connectivity index (χ3n) is 4.47. The third-order valence-corrected chi connectivity index (χ3v) is 5.07. The minimum absolute atomic E-state index is 0.00328. The summed E-state index contributed by atoms with van der Waals surface area (Å²) >= 11 is 12.4. The van der Waals surface area contributed by atoms with Crippen LogP contribution in [0.1, 0.15) is 27.2 Å². The topological polar surface area (TPSA) is 92.3 Å². The van der Waals surface area contributed by atoms with Crippen LogP contribution in [-0.2, 0) is 19.6 Å². The molecule has 0 aliphatic rings. The quantitative estimate of drug-likeness (QED) is 0.579. The van der Waals surface area contributed by atoms with Gasteiger partial charge in [-0.3, -0.25) is 4.79 Å². The second-order valence-electron chi connectivity index (χ2n) is 6.42. The highest BCUT2D eigenvalue weighted by Crippen LogP contribution is 2.22. The normalized spacial score (nSPS) is 10.4. The highest BCUT2D eigenvalue weighted by Gasteiger charge is 2.14. The molecule has 0 fully saturated rings. The molecule has 0 bridgehead atoms. The maximum atomic E-state index is 12.6. The van der Waals surface area contributed by atoms with Gasteiger partial charge in [0.15, 0.2) is 0 Å². The summed E-state index contributed by atoms with van der Waals surface area (Å²) in [5.74, 6) is -0.525. The molecule has 0 aliphatic carbocycles. The number of carboxylic acid groups (broad SMARTS) is 1. The van der Waals surface area contributed by atoms with E-state index in [-0.39, 0.29) is 28.8 Å². The number of hydrogen-bond donors (Lipinski definition) is 1. The number of benzene rings is 2. The standard InChI is InChI=1S/C22H16Cl2N2O4/c23-18-11-19(24)21(27)26(9-8-14-4-6-16(7-5-14)22(28)29)20(18)13-30-17-3-1-2-15(10-17)12-25/h1-7,10-11H,8-9,13H2,(H,28,29). The van der Waals surface area contributed by atoms with Crippen LogP contribution in [0.5, 0.6) is 5.75 Å². The minimum atomic E-state index is -1.00. The molecule has 30 heavy (non-hydrogen) atoms. The largest absolute Gasteiger partial charge is 0.487 e. The van der Waals surface area contributed by atoms with Gasteiger partial charge in [-0.15, -0.1) is 0 Å². The van der Waals surface area contributed by atoms with Crippen molar-refractivity contribution in [2.75, 3.05) is 0 Å². The molecule has 2 aromatic carbocycles. The van der Waals surface area contributed by atoms with Crippen LogP contribution >= 0.6 is 23.2 Å². The molecule has 0 radical (unpaired) electrons. The van der Waals surface area contributed by atoms with Crippen LogP contribution in [0.3, 0.4) is 0 Å². The molecule has 1 aromatic heterocycles. The van der Waals surface area contributed by atoms with E-state index in [2.05, 4.69) is 0 Å². The van der Waals surface area contributed by atoms with Crippen LogP contribution in [0.4, 0.5) is 0 Å². The van der Waals surface area contributed by atoms with Gasteiger partial charge in [-0.2, -0.15) is 5.26 Å². The zero-order valence-electron chi connectivity index (χ0n) is 15.6. The Morgan fingerprint density at radius 1 is 1.10 bits per heavy atom. The van der Waals surface area contributed by atoms with Gasteiger partial charge in [-0.25, -0.2) is 4.79 Å². The molecule has 8 heteroatoms. The van der Waals surface area contributed by atoms with Crippen LogP contribution in [0.2, 0.25) is 10.0 Å². The van der Waals surface area contributed by atoms with E-state index in [1.54, 1.807) is 36.4 Å². The summed E-state index contributed by atoms with van der Waals surface area (Å²) in [5.41, 5.74) is 1.56. The molecule has 0 aliphatic heterocycles. The fraction of sp³-hybridized carbons (Fsp3) is 0.136. The van der Waals surface area contributed by atoms with Gasteiger partial charge in [0.2, 0.25) is 0 Å². The zero-order valence-corrected chi connectivity index (χ0v) is 17.2. The van der Waals surface area contributed by atoms with Crippen molar-refractivity contribution in [3.8, 4) is 11.8 Å². The van der Waals surface area contributed by atoms with Crippen LogP contribution in [0.25, 0.3) is 0 Å². The number of nitriles is 1. The number of hydrogen-bond acceptors (Lipinski definition) is 4. The Morgan fingerprint density at radius 3 is 2.50 bits per heavy atom. The SMILES string of the molecule is N#Cc1cccc(OCc2c(Cl)cc(Cl)c(=O)n2CCc2ccc(C(=O)O)cc2)c1. The summed E-state index contributed by atoms with van der Waals surface area (Å²) in [5, 5.41) is 18.3. The lowest BCUT2D eigenvalue weighted by atomic mass is 10.1. The van der Waals surface area contributed by atoms with E-state index in [1.807, 2.05) is 6.07 Å². The lowest BCUT2D eigenvalue weighted by molar-refractivity contribution is 0.0697. The van der Waals surface area contributed by atoms with Crippen LogP contribution in [-0.4, -0.2) is 15.6 Å². The van der Waals surface area contributed by atoms with Gasteiger partial charge in [-0.05, 0) is 48.4 Å². The smallest absolute Gasteiger partial charge is 0.335 e. The molecule has 0 spiro atoms. The maximum Gasteiger partial charge on any atom is 0.335 e. The highest BCUT2D eigenvalue weighted by molar-refractivity contribution is 6.34. The molecular weight excluding hydrogens is 427 g/mol. The molecule has 1 N–H and O–H groups in total. The summed E-state index contributed by atoms with van der Waals surface area (Å²) in [7, 11) is 0. The van der Waals surface area contributed by atoms with Crippen molar-refractivity contribution in [1.82, 2.24) is 4.57 Å². The number of rotatable bonds is 7. The number of ether oxygens (including phenoxy) is 1. The van der Waals surface area contributed by atoms with E-state index in [4.69, 9.17) is 38.3 Å². The van der Waals surface area contributed by atoms with Gasteiger partial charge in [0, 0.05) is 6.54 Å². The molecule has 0 atom stereocenters. The summed E-state index contributed by atoms with van der Waals surface area (Å²) in [6.07, 6.45) is 0.466. The Bertz CT molecular complexity index is 1180. The summed E-state index contributed by atoms with van der Waals surface area (Å²) < 4.78 is 7.19. The van der Waals surface area contributed by atoms with E-state index in [0.29, 0.717) is 23.4 Å². The summed E-state index contributed by atoms with van der Waals surface area (Å²) in [4.78, 5) is 23.6. The first-order valence-corrected chi connectivity index (χ1v) is 9.67. The first kappa shape index (κ1) is 21.4. The zero-order chi connectivity index (χ0) is 21.7. The van der Waals surface area contributed by atoms with Gasteiger partial charge in [0.25, 0.3) is 5.56 Å². The van der Waals surface area contributed by atoms with Gasteiger partial charge < -0.3 is 14.4 Å². The summed E-state index contributed by atoms with van der Waals surface area (Å²) in [6, 6.07) is 16.5. The van der Waals surface area contributed by atoms with Crippen molar-refractivity contribution < 1.29 is 14.6 Å². The molecule has 3 aromatic rings. The van der Waals surface area contributed by atoms with Gasteiger partial charge in [0.05, 0.1) is 27.9 Å². The first-order chi connectivity index (χ1) is 14.4. The molecule has 0 amide bonds. The van der Waals surface area contributed by atoms with Crippen molar-refractivity contribution in [1.29, 1.82) is 5.26 Å². The van der Waals surface area contributed by atoms with Crippen LogP contribution < -0.4 is 10.3 Å². The molecule has 152 valence electrons. The number of aromatic carboxylic acids is 1. The van der Waals surface area contributed by atoms with E-state index in [9.17, 15) is 9.59 Å². The average Bonchev–Trinajstić information content (AvgIpc) is 2.75. The Labute approximate surface area is 182 Å². The molecule has 1 heterocycles. The van der Waals surface area contributed by atoms with Crippen molar-refractivity contribution in [3.05, 3.63) is 97.4 Å². The number of halogens is 2. The number of aromatic nitrogens is 1. The van der Waals surface area contributed by atoms with Crippen molar-refractivity contribution >= 4 is 29.2 Å². The van der Waals surface area contributed by atoms with Gasteiger partial charge in [-0.1, -0.05) is 41.4 Å². The Balaban J connectivity index is 1.83. The molecule has 0 unspecified atom stereocenters.